The van der Waals surface area contributed by atoms with Gasteiger partial charge in [-0.3, -0.25) is 0 Å². The molecule has 0 N–H and O–H groups in total. The molecule has 0 amide bonds. The van der Waals surface area contributed by atoms with E-state index in [0.29, 0.717) is 24.4 Å². The van der Waals surface area contributed by atoms with E-state index in [1.807, 2.05) is 25.1 Å². The van der Waals surface area contributed by atoms with Crippen LogP contribution in [0, 0.1) is 20.8 Å². The number of benzene rings is 2. The summed E-state index contributed by atoms with van der Waals surface area (Å²) in [4.78, 5) is 14.3. The maximum Gasteiger partial charge on any atom is 0.339 e. The number of ether oxygens (including phenoxy) is 1. The second-order valence-electron chi connectivity index (χ2n) is 6.37. The molecule has 0 fully saturated rings. The average Bonchev–Trinajstić information content (AvgIpc) is 2.59. The van der Waals surface area contributed by atoms with Crippen LogP contribution < -0.4 is 15.3 Å². The Morgan fingerprint density at radius 1 is 1.04 bits per heavy atom. The lowest BCUT2D eigenvalue weighted by atomic mass is 10.0. The van der Waals surface area contributed by atoms with Crippen molar-refractivity contribution in [2.45, 2.75) is 27.3 Å². The maximum absolute atomic E-state index is 12.1. The third-order valence-electron chi connectivity index (χ3n) is 4.78. The highest BCUT2D eigenvalue weighted by Crippen LogP contribution is 2.35. The van der Waals surface area contributed by atoms with Crippen molar-refractivity contribution in [1.29, 1.82) is 0 Å². The van der Waals surface area contributed by atoms with Gasteiger partial charge in [-0.15, -0.1) is 0 Å². The molecule has 0 unspecified atom stereocenters. The minimum Gasteiger partial charge on any atom is -0.473 e. The molecule has 0 spiro atoms. The van der Waals surface area contributed by atoms with Crippen LogP contribution in [0.15, 0.2) is 45.6 Å². The highest BCUT2D eigenvalue weighted by Gasteiger charge is 2.23. The first-order valence-electron chi connectivity index (χ1n) is 8.05. The Kier molecular flexibility index (Phi) is 3.34. The average molecular weight is 321 g/mol. The molecule has 4 nitrogen and oxygen atoms in total. The minimum absolute atomic E-state index is 0.277. The van der Waals surface area contributed by atoms with Crippen LogP contribution in [-0.2, 0) is 6.54 Å². The first kappa shape index (κ1) is 14.8. The van der Waals surface area contributed by atoms with Crippen LogP contribution in [0.3, 0.4) is 0 Å². The van der Waals surface area contributed by atoms with Gasteiger partial charge in [0.2, 0.25) is 0 Å². The summed E-state index contributed by atoms with van der Waals surface area (Å²) in [5.41, 5.74) is 5.23. The fraction of sp³-hybridized carbons (Fsp3) is 0.250. The molecule has 0 radical (unpaired) electrons. The Balaban J connectivity index is 1.86. The fourth-order valence-electron chi connectivity index (χ4n) is 3.21. The van der Waals surface area contributed by atoms with Crippen molar-refractivity contribution < 1.29 is 9.15 Å². The van der Waals surface area contributed by atoms with Gasteiger partial charge in [-0.25, -0.2) is 4.79 Å². The van der Waals surface area contributed by atoms with E-state index in [-0.39, 0.29) is 5.63 Å². The van der Waals surface area contributed by atoms with Gasteiger partial charge in [-0.05, 0) is 56.2 Å². The van der Waals surface area contributed by atoms with E-state index in [2.05, 4.69) is 30.0 Å². The van der Waals surface area contributed by atoms with Gasteiger partial charge in [-0.1, -0.05) is 12.1 Å². The third kappa shape index (κ3) is 2.26. The zero-order valence-corrected chi connectivity index (χ0v) is 14.1. The van der Waals surface area contributed by atoms with Crippen molar-refractivity contribution in [2.24, 2.45) is 0 Å². The number of hydrogen-bond acceptors (Lipinski definition) is 4. The van der Waals surface area contributed by atoms with Crippen LogP contribution in [0.2, 0.25) is 0 Å². The molecule has 24 heavy (non-hydrogen) atoms. The largest absolute Gasteiger partial charge is 0.473 e. The summed E-state index contributed by atoms with van der Waals surface area (Å²) in [7, 11) is 0. The van der Waals surface area contributed by atoms with E-state index < -0.39 is 0 Å². The molecule has 0 saturated heterocycles. The summed E-state index contributed by atoms with van der Waals surface area (Å²) in [6.07, 6.45) is 0. The number of fused-ring (bicyclic) bond motifs is 3. The molecule has 1 aliphatic heterocycles. The Morgan fingerprint density at radius 3 is 2.67 bits per heavy atom. The van der Waals surface area contributed by atoms with Gasteiger partial charge in [-0.2, -0.15) is 0 Å². The Hall–Kier alpha value is -2.75. The van der Waals surface area contributed by atoms with E-state index in [0.717, 1.165) is 28.0 Å². The maximum atomic E-state index is 12.1. The van der Waals surface area contributed by atoms with Crippen LogP contribution in [0.5, 0.6) is 5.75 Å². The molecular weight excluding hydrogens is 302 g/mol. The van der Waals surface area contributed by atoms with Crippen LogP contribution in [0.4, 0.5) is 5.69 Å². The lowest BCUT2D eigenvalue weighted by molar-refractivity contribution is 0.289. The first-order chi connectivity index (χ1) is 11.5. The molecule has 1 aliphatic rings. The quantitative estimate of drug-likeness (QED) is 0.634. The predicted molar refractivity (Wildman–Crippen MR) is 94.8 cm³/mol. The number of rotatable bonds is 1. The SMILES string of the molecule is Cc1cccc(N2COc3ccc4c(C)c(C)c(=O)oc4c3C2)c1. The Labute approximate surface area is 140 Å². The third-order valence-corrected chi connectivity index (χ3v) is 4.78. The van der Waals surface area contributed by atoms with E-state index in [4.69, 9.17) is 9.15 Å². The summed E-state index contributed by atoms with van der Waals surface area (Å²) in [5.74, 6) is 0.790. The van der Waals surface area contributed by atoms with Crippen molar-refractivity contribution in [2.75, 3.05) is 11.6 Å². The number of aryl methyl sites for hydroxylation is 2. The highest BCUT2D eigenvalue weighted by molar-refractivity contribution is 5.86. The molecule has 0 atom stereocenters. The Morgan fingerprint density at radius 2 is 1.88 bits per heavy atom. The Bertz CT molecular complexity index is 1000. The standard InChI is InChI=1S/C20H19NO3/c1-12-5-4-6-15(9-12)21-10-17-18(23-11-21)8-7-16-13(2)14(3)20(22)24-19(16)17/h4-9H,10-11H2,1-3H3. The lowest BCUT2D eigenvalue weighted by Crippen LogP contribution is -2.32. The van der Waals surface area contributed by atoms with Crippen LogP contribution in [0.1, 0.15) is 22.3 Å². The van der Waals surface area contributed by atoms with E-state index >= 15 is 0 Å². The molecular formula is C20H19NO3. The van der Waals surface area contributed by atoms with Crippen molar-refractivity contribution >= 4 is 16.7 Å². The zero-order chi connectivity index (χ0) is 16.8. The topological polar surface area (TPSA) is 42.7 Å². The molecule has 4 heteroatoms. The predicted octanol–water partition coefficient (Wildman–Crippen LogP) is 4.07. The van der Waals surface area contributed by atoms with Crippen molar-refractivity contribution in [3.05, 3.63) is 69.1 Å². The number of anilines is 1. The van der Waals surface area contributed by atoms with Gasteiger partial charge in [0.1, 0.15) is 11.3 Å². The van der Waals surface area contributed by atoms with Crippen molar-refractivity contribution in [1.82, 2.24) is 0 Å². The van der Waals surface area contributed by atoms with Crippen molar-refractivity contribution in [3.63, 3.8) is 0 Å². The second-order valence-corrected chi connectivity index (χ2v) is 6.37. The molecule has 4 rings (SSSR count). The molecule has 0 aliphatic carbocycles. The van der Waals surface area contributed by atoms with Gasteiger partial charge in [0.15, 0.2) is 6.73 Å². The van der Waals surface area contributed by atoms with Crippen LogP contribution in [0.25, 0.3) is 11.0 Å². The summed E-state index contributed by atoms with van der Waals surface area (Å²) in [5, 5.41) is 0.973. The first-order valence-corrected chi connectivity index (χ1v) is 8.05. The number of hydrogen-bond donors (Lipinski definition) is 0. The number of nitrogens with zero attached hydrogens (tertiary/aromatic N) is 1. The molecule has 0 bridgehead atoms. The molecule has 0 saturated carbocycles. The zero-order valence-electron chi connectivity index (χ0n) is 14.1. The highest BCUT2D eigenvalue weighted by atomic mass is 16.5. The molecule has 2 aromatic carbocycles. The monoisotopic (exact) mass is 321 g/mol. The van der Waals surface area contributed by atoms with Gasteiger partial charge < -0.3 is 14.1 Å². The molecule has 1 aromatic heterocycles. The second kappa shape index (κ2) is 5.41. The van der Waals surface area contributed by atoms with E-state index in [1.165, 1.54) is 5.56 Å². The van der Waals surface area contributed by atoms with E-state index in [1.54, 1.807) is 6.92 Å². The van der Waals surface area contributed by atoms with Gasteiger partial charge in [0.05, 0.1) is 12.1 Å². The molecule has 2 heterocycles. The van der Waals surface area contributed by atoms with Crippen molar-refractivity contribution in [3.8, 4) is 5.75 Å². The normalized spacial score (nSPS) is 13.7. The fourth-order valence-corrected chi connectivity index (χ4v) is 3.21. The summed E-state index contributed by atoms with van der Waals surface area (Å²) >= 11 is 0. The van der Waals surface area contributed by atoms with Crippen LogP contribution in [-0.4, -0.2) is 6.73 Å². The van der Waals surface area contributed by atoms with E-state index in [9.17, 15) is 4.79 Å². The van der Waals surface area contributed by atoms with Crippen LogP contribution >= 0.6 is 0 Å². The van der Waals surface area contributed by atoms with Gasteiger partial charge in [0, 0.05) is 16.6 Å². The molecule has 3 aromatic rings. The minimum atomic E-state index is -0.277. The lowest BCUT2D eigenvalue weighted by Gasteiger charge is -2.31. The smallest absolute Gasteiger partial charge is 0.339 e. The summed E-state index contributed by atoms with van der Waals surface area (Å²) in [6, 6.07) is 12.3. The van der Waals surface area contributed by atoms with Gasteiger partial charge in [0.25, 0.3) is 0 Å². The summed E-state index contributed by atoms with van der Waals surface area (Å²) in [6.45, 7) is 6.97. The molecule has 122 valence electrons. The summed E-state index contributed by atoms with van der Waals surface area (Å²) < 4.78 is 11.5. The van der Waals surface area contributed by atoms with Gasteiger partial charge >= 0.3 is 5.63 Å².